The topological polar surface area (TPSA) is 134 Å². The lowest BCUT2D eigenvalue weighted by molar-refractivity contribution is -0.383. The maximum atomic E-state index is 10.8. The number of nitrogens with zero attached hydrogens (tertiary/aromatic N) is 5. The van der Waals surface area contributed by atoms with E-state index in [0.717, 1.165) is 0 Å². The number of rotatable bonds is 3. The Balaban J connectivity index is 2.08. The first-order valence-corrected chi connectivity index (χ1v) is 6.45. The number of nitro benzene ring substituents is 1. The maximum absolute atomic E-state index is 10.8. The van der Waals surface area contributed by atoms with Crippen molar-refractivity contribution in [2.24, 2.45) is 0 Å². The number of non-ortho nitro benzene ring substituents is 1. The Bertz CT molecular complexity index is 769. The molecular weight excluding hydrogens is 292 g/mol. The third-order valence-corrected chi connectivity index (χ3v) is 4.03. The number of hydrogen-bond acceptors (Lipinski definition) is 10. The van der Waals surface area contributed by atoms with Crippen LogP contribution in [0.1, 0.15) is 0 Å². The Hall–Kier alpha value is -2.27. The maximum Gasteiger partial charge on any atom is 0.300 e. The molecule has 0 bridgehead atoms. The van der Waals surface area contributed by atoms with Gasteiger partial charge in [-0.25, -0.2) is 4.63 Å². The van der Waals surface area contributed by atoms with Gasteiger partial charge in [0.15, 0.2) is 9.86 Å². The van der Waals surface area contributed by atoms with Gasteiger partial charge < -0.3 is 5.73 Å². The molecule has 2 heterocycles. The van der Waals surface area contributed by atoms with Crippen LogP contribution in [0.4, 0.5) is 10.8 Å². The third-order valence-electron chi connectivity index (χ3n) is 2.17. The molecule has 9 nitrogen and oxygen atoms in total. The monoisotopic (exact) mass is 296 g/mol. The van der Waals surface area contributed by atoms with E-state index in [-0.39, 0.29) is 11.2 Å². The van der Waals surface area contributed by atoms with E-state index >= 15 is 0 Å². The highest BCUT2D eigenvalue weighted by atomic mass is 32.2. The number of nitrogens with two attached hydrogens (primary N) is 1. The summed E-state index contributed by atoms with van der Waals surface area (Å²) >= 11 is 2.45. The molecule has 0 saturated carbocycles. The zero-order valence-corrected chi connectivity index (χ0v) is 10.6. The summed E-state index contributed by atoms with van der Waals surface area (Å²) in [6, 6.07) is 2.91. The summed E-state index contributed by atoms with van der Waals surface area (Å²) in [6.45, 7) is 0. The predicted molar refractivity (Wildman–Crippen MR) is 66.9 cm³/mol. The van der Waals surface area contributed by atoms with E-state index < -0.39 is 4.92 Å². The molecule has 2 N–H and O–H groups in total. The van der Waals surface area contributed by atoms with Gasteiger partial charge in [-0.3, -0.25) is 10.1 Å². The molecule has 3 aromatic rings. The van der Waals surface area contributed by atoms with Crippen LogP contribution in [0.5, 0.6) is 0 Å². The minimum absolute atomic E-state index is 0.104. The number of nitro groups is 1. The average Bonchev–Trinajstić information content (AvgIpc) is 2.98. The van der Waals surface area contributed by atoms with E-state index in [1.54, 1.807) is 6.07 Å². The molecule has 0 radical (unpaired) electrons. The van der Waals surface area contributed by atoms with Gasteiger partial charge in [-0.1, -0.05) is 23.1 Å². The zero-order valence-electron chi connectivity index (χ0n) is 9.01. The summed E-state index contributed by atoms with van der Waals surface area (Å²) in [5.74, 6) is 0. The molecule has 0 atom stereocenters. The normalized spacial score (nSPS) is 10.9. The minimum Gasteiger partial charge on any atom is -0.374 e. The van der Waals surface area contributed by atoms with Crippen molar-refractivity contribution >= 4 is 45.0 Å². The van der Waals surface area contributed by atoms with Crippen molar-refractivity contribution in [2.75, 3.05) is 5.73 Å². The van der Waals surface area contributed by atoms with E-state index in [0.29, 0.717) is 19.9 Å². The number of hydrogen-bond donors (Lipinski definition) is 1. The number of benzene rings is 1. The van der Waals surface area contributed by atoms with Gasteiger partial charge in [0.1, 0.15) is 0 Å². The second-order valence-electron chi connectivity index (χ2n) is 3.31. The molecule has 0 aliphatic rings. The van der Waals surface area contributed by atoms with Crippen LogP contribution >= 0.6 is 23.1 Å². The molecule has 0 saturated heterocycles. The van der Waals surface area contributed by atoms with E-state index in [2.05, 4.69) is 25.1 Å². The summed E-state index contributed by atoms with van der Waals surface area (Å²) in [5, 5.41) is 25.9. The smallest absolute Gasteiger partial charge is 0.300 e. The summed E-state index contributed by atoms with van der Waals surface area (Å²) in [6.07, 6.45) is 0. The molecule has 3 rings (SSSR count). The molecular formula is C8H4N6O3S2. The molecule has 0 fully saturated rings. The van der Waals surface area contributed by atoms with Crippen LogP contribution in [-0.2, 0) is 0 Å². The lowest BCUT2D eigenvalue weighted by atomic mass is 10.3. The van der Waals surface area contributed by atoms with Gasteiger partial charge in [-0.2, -0.15) is 0 Å². The molecule has 0 aliphatic carbocycles. The summed E-state index contributed by atoms with van der Waals surface area (Å²) in [4.78, 5) is 10.9. The van der Waals surface area contributed by atoms with Crippen LogP contribution in [0.2, 0.25) is 0 Å². The van der Waals surface area contributed by atoms with Gasteiger partial charge in [0, 0.05) is 11.0 Å². The van der Waals surface area contributed by atoms with Gasteiger partial charge in [-0.15, -0.1) is 10.2 Å². The number of fused-ring (bicyclic) bond motifs is 1. The van der Waals surface area contributed by atoms with Crippen LogP contribution in [0.15, 0.2) is 26.0 Å². The van der Waals surface area contributed by atoms with Crippen molar-refractivity contribution in [2.45, 2.75) is 9.24 Å². The third kappa shape index (κ3) is 2.08. The Morgan fingerprint density at radius 2 is 2.11 bits per heavy atom. The SMILES string of the molecule is Nc1nnc(Sc2ccc([N+](=O)[O-])c3nonc23)s1. The Morgan fingerprint density at radius 1 is 1.32 bits per heavy atom. The van der Waals surface area contributed by atoms with E-state index in [9.17, 15) is 10.1 Å². The van der Waals surface area contributed by atoms with E-state index in [1.165, 1.54) is 29.2 Å². The first-order valence-electron chi connectivity index (χ1n) is 4.81. The summed E-state index contributed by atoms with van der Waals surface area (Å²) in [7, 11) is 0. The van der Waals surface area contributed by atoms with Crippen LogP contribution in [-0.4, -0.2) is 25.4 Å². The predicted octanol–water partition coefficient (Wildman–Crippen LogP) is 1.72. The van der Waals surface area contributed by atoms with Crippen molar-refractivity contribution in [3.8, 4) is 0 Å². The summed E-state index contributed by atoms with van der Waals surface area (Å²) in [5.41, 5.74) is 5.75. The van der Waals surface area contributed by atoms with Gasteiger partial charge in [0.2, 0.25) is 10.6 Å². The Morgan fingerprint density at radius 3 is 2.79 bits per heavy atom. The molecule has 0 aliphatic heterocycles. The Kier molecular flexibility index (Phi) is 2.76. The second kappa shape index (κ2) is 4.44. The standard InChI is InChI=1S/C8H4N6O3S2/c9-7-10-11-8(19-7)18-4-2-1-3(14(15)16)5-6(4)13-17-12-5/h1-2H,(H2,9,10). The highest BCUT2D eigenvalue weighted by Gasteiger charge is 2.20. The average molecular weight is 296 g/mol. The first-order chi connectivity index (χ1) is 9.15. The fraction of sp³-hybridized carbons (Fsp3) is 0. The number of anilines is 1. The van der Waals surface area contributed by atoms with Crippen LogP contribution in [0.3, 0.4) is 0 Å². The quantitative estimate of drug-likeness (QED) is 0.566. The van der Waals surface area contributed by atoms with Gasteiger partial charge >= 0.3 is 5.69 Å². The fourth-order valence-electron chi connectivity index (χ4n) is 1.42. The minimum atomic E-state index is -0.538. The van der Waals surface area contributed by atoms with Crippen molar-refractivity contribution in [3.63, 3.8) is 0 Å². The summed E-state index contributed by atoms with van der Waals surface area (Å²) < 4.78 is 5.17. The second-order valence-corrected chi connectivity index (χ2v) is 5.61. The molecule has 0 spiro atoms. The van der Waals surface area contributed by atoms with Crippen molar-refractivity contribution in [1.29, 1.82) is 0 Å². The van der Waals surface area contributed by atoms with E-state index in [1.807, 2.05) is 0 Å². The molecule has 11 heteroatoms. The van der Waals surface area contributed by atoms with Gasteiger partial charge in [0.25, 0.3) is 0 Å². The molecule has 0 unspecified atom stereocenters. The molecule has 0 amide bonds. The number of nitrogen functional groups attached to an aromatic ring is 1. The van der Waals surface area contributed by atoms with Crippen molar-refractivity contribution in [1.82, 2.24) is 20.5 Å². The Labute approximate surface area is 112 Å². The van der Waals surface area contributed by atoms with Crippen molar-refractivity contribution in [3.05, 3.63) is 22.2 Å². The number of aromatic nitrogens is 4. The van der Waals surface area contributed by atoms with Gasteiger partial charge in [-0.05, 0) is 16.4 Å². The first kappa shape index (κ1) is 11.8. The van der Waals surface area contributed by atoms with E-state index in [4.69, 9.17) is 5.73 Å². The highest BCUT2D eigenvalue weighted by Crippen LogP contribution is 2.37. The largest absolute Gasteiger partial charge is 0.374 e. The highest BCUT2D eigenvalue weighted by molar-refractivity contribution is 8.01. The van der Waals surface area contributed by atoms with Crippen LogP contribution in [0.25, 0.3) is 11.0 Å². The molecule has 2 aromatic heterocycles. The van der Waals surface area contributed by atoms with Gasteiger partial charge in [0.05, 0.1) is 4.92 Å². The van der Waals surface area contributed by atoms with Crippen LogP contribution < -0.4 is 5.73 Å². The lowest BCUT2D eigenvalue weighted by Crippen LogP contribution is -1.90. The molecule has 19 heavy (non-hydrogen) atoms. The lowest BCUT2D eigenvalue weighted by Gasteiger charge is -1.97. The van der Waals surface area contributed by atoms with Crippen LogP contribution in [0, 0.1) is 10.1 Å². The fourth-order valence-corrected chi connectivity index (χ4v) is 3.09. The molecule has 96 valence electrons. The van der Waals surface area contributed by atoms with Crippen molar-refractivity contribution < 1.29 is 9.55 Å². The molecule has 1 aromatic carbocycles. The zero-order chi connectivity index (χ0) is 13.4.